The second kappa shape index (κ2) is 13.3. The summed E-state index contributed by atoms with van der Waals surface area (Å²) in [7, 11) is 1.92. The number of allylic oxidation sites excluding steroid dienone is 2. The maximum Gasteiger partial charge on any atom is 0.339 e. The zero-order chi connectivity index (χ0) is 33.2. The van der Waals surface area contributed by atoms with Gasteiger partial charge in [0.05, 0.1) is 12.2 Å². The third kappa shape index (κ3) is 6.71. The van der Waals surface area contributed by atoms with Crippen molar-refractivity contribution in [2.45, 2.75) is 71.0 Å². The van der Waals surface area contributed by atoms with Gasteiger partial charge in [-0.3, -0.25) is 4.79 Å². The molecule has 1 aromatic carbocycles. The molecule has 11 heteroatoms. The van der Waals surface area contributed by atoms with Crippen LogP contribution in [0, 0.1) is 5.92 Å². The Hall–Kier alpha value is -4.09. The summed E-state index contributed by atoms with van der Waals surface area (Å²) in [4.78, 5) is 41.0. The number of amides is 1. The Kier molecular flexibility index (Phi) is 9.65. The van der Waals surface area contributed by atoms with Crippen molar-refractivity contribution in [3.05, 3.63) is 74.4 Å². The number of dihydropyridines is 1. The van der Waals surface area contributed by atoms with Crippen LogP contribution in [0.3, 0.4) is 0 Å². The van der Waals surface area contributed by atoms with Crippen LogP contribution in [-0.4, -0.2) is 72.9 Å². The number of carbonyl (C=O) groups is 2. The summed E-state index contributed by atoms with van der Waals surface area (Å²) in [5.41, 5.74) is 7.60. The van der Waals surface area contributed by atoms with Gasteiger partial charge in [0.1, 0.15) is 16.9 Å². The zero-order valence-electron chi connectivity index (χ0n) is 27.5. The molecule has 248 valence electrons. The highest BCUT2D eigenvalue weighted by atomic mass is 16.6. The van der Waals surface area contributed by atoms with Crippen LogP contribution in [0.15, 0.2) is 62.1 Å². The molecule has 0 radical (unpaired) electrons. The molecule has 4 heterocycles. The van der Waals surface area contributed by atoms with Gasteiger partial charge >= 0.3 is 11.6 Å². The Morgan fingerprint density at radius 2 is 2.04 bits per heavy atom. The molecule has 2 aromatic rings. The highest BCUT2D eigenvalue weighted by Gasteiger charge is 2.55. The van der Waals surface area contributed by atoms with Crippen molar-refractivity contribution >= 4 is 22.8 Å². The van der Waals surface area contributed by atoms with Crippen molar-refractivity contribution in [2.24, 2.45) is 11.7 Å². The van der Waals surface area contributed by atoms with Crippen LogP contribution in [0.1, 0.15) is 58.1 Å². The van der Waals surface area contributed by atoms with Gasteiger partial charge in [-0.2, -0.15) is 0 Å². The predicted octanol–water partition coefficient (Wildman–Crippen LogP) is 2.84. The molecule has 0 spiro atoms. The standard InChI is InChI=1S/C35H46N4O7/c1-6-21(2)32(42)46-34(3,4)35(15-25-12-30(36)38-18-27(25)13-31(41)39-19-22(20-39)17-37-5)16-26-11-24-10-23(8-7-9-40)33(43)44-28(24)14-29(26)45-35/h6,10-12,14,22,37-38,40H,7-9,13,15-20,36H2,1-5H3/b21-6+/t35-/m0/s1. The van der Waals surface area contributed by atoms with E-state index in [2.05, 4.69) is 10.6 Å². The molecule has 0 bridgehead atoms. The Bertz CT molecular complexity index is 1660. The van der Waals surface area contributed by atoms with Gasteiger partial charge in [0.15, 0.2) is 5.60 Å². The number of nitrogens with one attached hydrogen (secondary N) is 2. The van der Waals surface area contributed by atoms with Crippen LogP contribution in [0.25, 0.3) is 11.0 Å². The Labute approximate surface area is 269 Å². The van der Waals surface area contributed by atoms with E-state index in [1.165, 1.54) is 0 Å². The molecule has 46 heavy (non-hydrogen) atoms. The van der Waals surface area contributed by atoms with Crippen molar-refractivity contribution in [1.29, 1.82) is 0 Å². The van der Waals surface area contributed by atoms with Crippen molar-refractivity contribution in [1.82, 2.24) is 15.5 Å². The highest BCUT2D eigenvalue weighted by Crippen LogP contribution is 2.48. The van der Waals surface area contributed by atoms with Gasteiger partial charge in [0, 0.05) is 74.1 Å². The first-order valence-electron chi connectivity index (χ1n) is 16.0. The molecule has 11 nitrogen and oxygen atoms in total. The Morgan fingerprint density at radius 3 is 2.74 bits per heavy atom. The number of hydrogen-bond acceptors (Lipinski definition) is 10. The second-order valence-corrected chi connectivity index (χ2v) is 13.2. The van der Waals surface area contributed by atoms with Gasteiger partial charge in [-0.1, -0.05) is 6.08 Å². The number of aliphatic hydroxyl groups excluding tert-OH is 1. The summed E-state index contributed by atoms with van der Waals surface area (Å²) < 4.78 is 18.6. The summed E-state index contributed by atoms with van der Waals surface area (Å²) in [5, 5.41) is 16.4. The topological polar surface area (TPSA) is 156 Å². The average molecular weight is 635 g/mol. The van der Waals surface area contributed by atoms with Crippen molar-refractivity contribution < 1.29 is 28.6 Å². The first kappa shape index (κ1) is 33.3. The number of aliphatic hydroxyl groups is 1. The molecule has 5 N–H and O–H groups in total. The maximum atomic E-state index is 13.3. The van der Waals surface area contributed by atoms with Crippen LogP contribution < -0.4 is 26.7 Å². The molecule has 1 amide bonds. The van der Waals surface area contributed by atoms with E-state index in [0.29, 0.717) is 66.4 Å². The monoisotopic (exact) mass is 634 g/mol. The van der Waals surface area contributed by atoms with Crippen LogP contribution in [0.4, 0.5) is 0 Å². The number of nitrogens with two attached hydrogens (primary N) is 1. The van der Waals surface area contributed by atoms with E-state index in [9.17, 15) is 19.5 Å². The zero-order valence-corrected chi connectivity index (χ0v) is 27.5. The SMILES string of the molecule is C/C=C(\C)C(=O)OC(C)(C)[C@]1(CC2=C(CC(=O)N3CC(CNC)C3)CNC(N)=C2)Cc2cc3cc(CCCO)c(=O)oc3cc2O1. The van der Waals surface area contributed by atoms with E-state index in [-0.39, 0.29) is 18.9 Å². The first-order valence-corrected chi connectivity index (χ1v) is 16.0. The number of nitrogens with zero attached hydrogens (tertiary/aromatic N) is 1. The number of benzene rings is 1. The Morgan fingerprint density at radius 1 is 1.28 bits per heavy atom. The molecule has 0 unspecified atom stereocenters. The highest BCUT2D eigenvalue weighted by molar-refractivity contribution is 5.88. The molecule has 1 saturated heterocycles. The minimum Gasteiger partial charge on any atom is -0.482 e. The average Bonchev–Trinajstić information content (AvgIpc) is 3.35. The molecule has 1 atom stereocenters. The fraction of sp³-hybridized carbons (Fsp3) is 0.514. The molecule has 1 aromatic heterocycles. The van der Waals surface area contributed by atoms with Crippen LogP contribution in [0.5, 0.6) is 5.75 Å². The summed E-state index contributed by atoms with van der Waals surface area (Å²) in [6.07, 6.45) is 5.36. The number of hydrogen-bond donors (Lipinski definition) is 4. The quantitative estimate of drug-likeness (QED) is 0.156. The fourth-order valence-electron chi connectivity index (χ4n) is 6.45. The van der Waals surface area contributed by atoms with Crippen LogP contribution in [0.2, 0.25) is 0 Å². The number of fused-ring (bicyclic) bond motifs is 2. The summed E-state index contributed by atoms with van der Waals surface area (Å²) in [5.74, 6) is 1.09. The molecule has 0 saturated carbocycles. The van der Waals surface area contributed by atoms with Crippen molar-refractivity contribution in [3.63, 3.8) is 0 Å². The predicted molar refractivity (Wildman–Crippen MR) is 175 cm³/mol. The third-order valence-corrected chi connectivity index (χ3v) is 9.51. The van der Waals surface area contributed by atoms with Gasteiger partial charge in [0.2, 0.25) is 5.91 Å². The molecule has 3 aliphatic heterocycles. The molecule has 5 rings (SSSR count). The number of carbonyl (C=O) groups excluding carboxylic acids is 2. The molecular formula is C35H46N4O7. The number of esters is 1. The van der Waals surface area contributed by atoms with E-state index < -0.39 is 22.8 Å². The number of rotatable bonds is 12. The van der Waals surface area contributed by atoms with E-state index in [0.717, 1.165) is 41.7 Å². The van der Waals surface area contributed by atoms with Crippen LogP contribution >= 0.6 is 0 Å². The lowest BCUT2D eigenvalue weighted by Crippen LogP contribution is -2.57. The first-order chi connectivity index (χ1) is 21.9. The van der Waals surface area contributed by atoms with Gasteiger partial charge in [0.25, 0.3) is 0 Å². The largest absolute Gasteiger partial charge is 0.482 e. The fourth-order valence-corrected chi connectivity index (χ4v) is 6.45. The summed E-state index contributed by atoms with van der Waals surface area (Å²) in [6, 6.07) is 5.47. The van der Waals surface area contributed by atoms with E-state index in [4.69, 9.17) is 19.6 Å². The number of aryl methyl sites for hydroxylation is 1. The van der Waals surface area contributed by atoms with Crippen molar-refractivity contribution in [2.75, 3.05) is 39.8 Å². The minimum atomic E-state index is -1.14. The van der Waals surface area contributed by atoms with E-state index in [1.54, 1.807) is 32.1 Å². The minimum absolute atomic E-state index is 0.0225. The van der Waals surface area contributed by atoms with Gasteiger partial charge in [-0.05, 0) is 82.5 Å². The Balaban J connectivity index is 1.52. The smallest absolute Gasteiger partial charge is 0.339 e. The lowest BCUT2D eigenvalue weighted by molar-refractivity contribution is -0.174. The van der Waals surface area contributed by atoms with Gasteiger partial charge < -0.3 is 40.3 Å². The molecular weight excluding hydrogens is 588 g/mol. The van der Waals surface area contributed by atoms with Crippen molar-refractivity contribution in [3.8, 4) is 5.75 Å². The van der Waals surface area contributed by atoms with E-state index >= 15 is 0 Å². The molecule has 1 fully saturated rings. The summed E-state index contributed by atoms with van der Waals surface area (Å²) >= 11 is 0. The van der Waals surface area contributed by atoms with Crippen LogP contribution in [-0.2, 0) is 27.2 Å². The lowest BCUT2D eigenvalue weighted by Gasteiger charge is -2.43. The summed E-state index contributed by atoms with van der Waals surface area (Å²) in [6.45, 7) is 9.91. The number of ether oxygens (including phenoxy) is 2. The third-order valence-electron chi connectivity index (χ3n) is 9.51. The lowest BCUT2D eigenvalue weighted by atomic mass is 9.75. The van der Waals surface area contributed by atoms with Gasteiger partial charge in [-0.25, -0.2) is 9.59 Å². The van der Waals surface area contributed by atoms with Gasteiger partial charge in [-0.15, -0.1) is 0 Å². The normalized spacial score (nSPS) is 20.2. The van der Waals surface area contributed by atoms with E-state index in [1.807, 2.05) is 37.9 Å². The molecule has 3 aliphatic rings. The molecule has 0 aliphatic carbocycles. The maximum absolute atomic E-state index is 13.3. The second-order valence-electron chi connectivity index (χ2n) is 13.2. The number of likely N-dealkylation sites (tertiary alicyclic amines) is 1.